The van der Waals surface area contributed by atoms with Crippen molar-refractivity contribution in [1.29, 1.82) is 0 Å². The molecule has 8 heteroatoms. The summed E-state index contributed by atoms with van der Waals surface area (Å²) >= 11 is 0. The van der Waals surface area contributed by atoms with Gasteiger partial charge in [-0.1, -0.05) is 0 Å². The van der Waals surface area contributed by atoms with Gasteiger partial charge in [-0.3, -0.25) is 14.6 Å². The van der Waals surface area contributed by atoms with E-state index in [2.05, 4.69) is 29.7 Å². The van der Waals surface area contributed by atoms with Gasteiger partial charge < -0.3 is 9.47 Å². The van der Waals surface area contributed by atoms with Crippen molar-refractivity contribution in [3.05, 3.63) is 46.9 Å². The summed E-state index contributed by atoms with van der Waals surface area (Å²) in [5, 5.41) is 0. The molecule has 0 radical (unpaired) electrons. The van der Waals surface area contributed by atoms with E-state index in [0.717, 1.165) is 57.5 Å². The molecule has 8 nitrogen and oxygen atoms in total. The van der Waals surface area contributed by atoms with Crippen LogP contribution in [-0.4, -0.2) is 74.6 Å². The summed E-state index contributed by atoms with van der Waals surface area (Å²) < 4.78 is 1.50. The second kappa shape index (κ2) is 6.89. The normalized spacial score (nSPS) is 19.8. The van der Waals surface area contributed by atoms with Gasteiger partial charge in [0.15, 0.2) is 0 Å². The Bertz CT molecular complexity index is 764. The van der Waals surface area contributed by atoms with Gasteiger partial charge in [0, 0.05) is 77.4 Å². The van der Waals surface area contributed by atoms with E-state index in [1.165, 1.54) is 4.57 Å². The van der Waals surface area contributed by atoms with Crippen molar-refractivity contribution >= 4 is 5.95 Å². The van der Waals surface area contributed by atoms with E-state index in [1.54, 1.807) is 31.8 Å². The zero-order chi connectivity index (χ0) is 17.2. The van der Waals surface area contributed by atoms with E-state index in [9.17, 15) is 4.79 Å². The molecule has 4 rings (SSSR count). The number of hydrogen-bond donors (Lipinski definition) is 0. The van der Waals surface area contributed by atoms with Gasteiger partial charge in [-0.15, -0.1) is 0 Å². The first-order chi connectivity index (χ1) is 12.2. The Morgan fingerprint density at radius 2 is 1.80 bits per heavy atom. The predicted octanol–water partition coefficient (Wildman–Crippen LogP) is -0.423. The molecular formula is C17H23N7O. The van der Waals surface area contributed by atoms with Gasteiger partial charge in [-0.2, -0.15) is 0 Å². The Morgan fingerprint density at radius 1 is 1.08 bits per heavy atom. The first-order valence-electron chi connectivity index (χ1n) is 8.69. The minimum Gasteiger partial charge on any atom is -0.338 e. The van der Waals surface area contributed by atoms with Crippen molar-refractivity contribution in [2.24, 2.45) is 7.05 Å². The highest BCUT2D eigenvalue weighted by molar-refractivity contribution is 5.29. The fraction of sp³-hybridized carbons (Fsp3) is 0.529. The molecule has 132 valence electrons. The number of aromatic nitrogens is 4. The third kappa shape index (κ3) is 3.54. The number of aryl methyl sites for hydroxylation is 1. The van der Waals surface area contributed by atoms with Gasteiger partial charge in [0.2, 0.25) is 5.95 Å². The summed E-state index contributed by atoms with van der Waals surface area (Å²) in [5.74, 6) is 0.828. The van der Waals surface area contributed by atoms with Crippen LogP contribution >= 0.6 is 0 Å². The monoisotopic (exact) mass is 341 g/mol. The first-order valence-corrected chi connectivity index (χ1v) is 8.69. The van der Waals surface area contributed by atoms with Crippen LogP contribution in [0.2, 0.25) is 0 Å². The van der Waals surface area contributed by atoms with Crippen LogP contribution in [0.25, 0.3) is 0 Å². The highest BCUT2D eigenvalue weighted by Crippen LogP contribution is 2.19. The van der Waals surface area contributed by atoms with E-state index in [-0.39, 0.29) is 5.56 Å². The van der Waals surface area contributed by atoms with Crippen LogP contribution in [0, 0.1) is 0 Å². The molecule has 0 atom stereocenters. The van der Waals surface area contributed by atoms with Crippen molar-refractivity contribution in [2.45, 2.75) is 12.6 Å². The molecule has 0 spiro atoms. The summed E-state index contributed by atoms with van der Waals surface area (Å²) in [6.07, 6.45) is 5.19. The van der Waals surface area contributed by atoms with Crippen LogP contribution < -0.4 is 10.5 Å². The maximum atomic E-state index is 11.7. The zero-order valence-electron chi connectivity index (χ0n) is 14.5. The maximum absolute atomic E-state index is 11.7. The molecule has 4 heterocycles. The molecular weight excluding hydrogens is 318 g/mol. The summed E-state index contributed by atoms with van der Waals surface area (Å²) in [6, 6.07) is 4.08. The summed E-state index contributed by atoms with van der Waals surface area (Å²) in [7, 11) is 1.72. The Morgan fingerprint density at radius 3 is 2.48 bits per heavy atom. The summed E-state index contributed by atoms with van der Waals surface area (Å²) in [6.45, 7) is 6.86. The van der Waals surface area contributed by atoms with Crippen LogP contribution in [0.15, 0.2) is 35.6 Å². The standard InChI is InChI=1S/C17H23N7O/c1-21-13-20-14(9-16(21)25)10-22-11-15(12-22)23-5-7-24(8-6-23)17-18-3-2-4-19-17/h2-4,9,13,15H,5-8,10-12H2,1H3. The van der Waals surface area contributed by atoms with Crippen LogP contribution in [0.4, 0.5) is 5.95 Å². The molecule has 0 aromatic carbocycles. The lowest BCUT2D eigenvalue weighted by atomic mass is 10.1. The number of nitrogens with zero attached hydrogens (tertiary/aromatic N) is 7. The van der Waals surface area contributed by atoms with Gasteiger partial charge in [0.1, 0.15) is 0 Å². The smallest absolute Gasteiger partial charge is 0.253 e. The Labute approximate surface area is 146 Å². The molecule has 0 saturated carbocycles. The lowest BCUT2D eigenvalue weighted by molar-refractivity contribution is 0.0247. The van der Waals surface area contributed by atoms with E-state index >= 15 is 0 Å². The van der Waals surface area contributed by atoms with Gasteiger partial charge >= 0.3 is 0 Å². The predicted molar refractivity (Wildman–Crippen MR) is 94.4 cm³/mol. The van der Waals surface area contributed by atoms with Gasteiger partial charge in [-0.25, -0.2) is 15.0 Å². The van der Waals surface area contributed by atoms with Gasteiger partial charge in [0.05, 0.1) is 12.0 Å². The quantitative estimate of drug-likeness (QED) is 0.748. The zero-order valence-corrected chi connectivity index (χ0v) is 14.5. The molecule has 2 aliphatic heterocycles. The molecule has 0 unspecified atom stereocenters. The van der Waals surface area contributed by atoms with Crippen molar-refractivity contribution in [2.75, 3.05) is 44.2 Å². The van der Waals surface area contributed by atoms with Crippen LogP contribution in [0.3, 0.4) is 0 Å². The van der Waals surface area contributed by atoms with E-state index < -0.39 is 0 Å². The number of anilines is 1. The fourth-order valence-electron chi connectivity index (χ4n) is 3.46. The molecule has 2 saturated heterocycles. The Kier molecular flexibility index (Phi) is 4.46. The Balaban J connectivity index is 1.25. The fourth-order valence-corrected chi connectivity index (χ4v) is 3.46. The van der Waals surface area contributed by atoms with E-state index in [1.807, 2.05) is 6.07 Å². The average Bonchev–Trinajstić information content (AvgIpc) is 2.62. The van der Waals surface area contributed by atoms with Crippen LogP contribution in [-0.2, 0) is 13.6 Å². The SMILES string of the molecule is Cn1cnc(CN2CC(N3CCN(c4ncccn4)CC3)C2)cc1=O. The third-order valence-electron chi connectivity index (χ3n) is 5.02. The number of rotatable bonds is 4. The second-order valence-corrected chi connectivity index (χ2v) is 6.75. The lowest BCUT2D eigenvalue weighted by Gasteiger charge is -2.48. The topological polar surface area (TPSA) is 70.4 Å². The number of piperazine rings is 1. The molecule has 2 fully saturated rings. The average molecular weight is 341 g/mol. The van der Waals surface area contributed by atoms with Crippen LogP contribution in [0.5, 0.6) is 0 Å². The second-order valence-electron chi connectivity index (χ2n) is 6.75. The number of hydrogen-bond acceptors (Lipinski definition) is 7. The maximum Gasteiger partial charge on any atom is 0.253 e. The van der Waals surface area contributed by atoms with E-state index in [0.29, 0.717) is 6.04 Å². The lowest BCUT2D eigenvalue weighted by Crippen LogP contribution is -2.62. The third-order valence-corrected chi connectivity index (χ3v) is 5.02. The summed E-state index contributed by atoms with van der Waals surface area (Å²) in [4.78, 5) is 31.8. The molecule has 0 aliphatic carbocycles. The first kappa shape index (κ1) is 16.2. The molecule has 0 bridgehead atoms. The number of likely N-dealkylation sites (tertiary alicyclic amines) is 1. The molecule has 2 aromatic rings. The highest BCUT2D eigenvalue weighted by atomic mass is 16.1. The van der Waals surface area contributed by atoms with Crippen molar-refractivity contribution in [1.82, 2.24) is 29.3 Å². The Hall–Kier alpha value is -2.32. The highest BCUT2D eigenvalue weighted by Gasteiger charge is 2.33. The molecule has 2 aromatic heterocycles. The largest absolute Gasteiger partial charge is 0.338 e. The van der Waals surface area contributed by atoms with Crippen molar-refractivity contribution in [3.63, 3.8) is 0 Å². The van der Waals surface area contributed by atoms with Crippen molar-refractivity contribution in [3.8, 4) is 0 Å². The molecule has 25 heavy (non-hydrogen) atoms. The molecule has 0 amide bonds. The molecule has 0 N–H and O–H groups in total. The van der Waals surface area contributed by atoms with Crippen molar-refractivity contribution < 1.29 is 0 Å². The van der Waals surface area contributed by atoms with E-state index in [4.69, 9.17) is 0 Å². The minimum absolute atomic E-state index is 0.00123. The van der Waals surface area contributed by atoms with Gasteiger partial charge in [0.25, 0.3) is 5.56 Å². The summed E-state index contributed by atoms with van der Waals surface area (Å²) in [5.41, 5.74) is 0.855. The van der Waals surface area contributed by atoms with Gasteiger partial charge in [-0.05, 0) is 6.07 Å². The van der Waals surface area contributed by atoms with Crippen LogP contribution in [0.1, 0.15) is 5.69 Å². The minimum atomic E-state index is 0.00123. The molecule has 2 aliphatic rings.